The van der Waals surface area contributed by atoms with Gasteiger partial charge in [0.05, 0.1) is 24.2 Å². The molecule has 2 atom stereocenters. The number of halogens is 6. The standard InChI is InChI=1S/C28H32F6N2O2/c1-17(26(37)38-2)13-18-3-4-19-5-8-24(35-25(19)14-18)20-9-11-36(12-10-20)16-21-15-22(27(29,30)31)6-7-23(21)28(32,33)34/h3-4,6-7,14-15,17,20,24,35H,5,8-13,16H2,1-2H3/t17-,24?/m0/s1. The van der Waals surface area contributed by atoms with Crippen LogP contribution in [0.15, 0.2) is 36.4 Å². The second-order valence-electron chi connectivity index (χ2n) is 10.4. The monoisotopic (exact) mass is 542 g/mol. The van der Waals surface area contributed by atoms with Gasteiger partial charge in [0, 0.05) is 18.3 Å². The van der Waals surface area contributed by atoms with Gasteiger partial charge in [-0.2, -0.15) is 26.3 Å². The summed E-state index contributed by atoms with van der Waals surface area (Å²) in [7, 11) is 1.37. The zero-order chi connectivity index (χ0) is 27.7. The SMILES string of the molecule is COC(=O)[C@@H](C)Cc1ccc2c(c1)NC(C1CCN(Cc3cc(C(F)(F)F)ccc3C(F)(F)F)CC1)CC2. The Balaban J connectivity index is 1.39. The average molecular weight is 543 g/mol. The van der Waals surface area contributed by atoms with Crippen LogP contribution in [0.3, 0.4) is 0 Å². The summed E-state index contributed by atoms with van der Waals surface area (Å²) in [6.45, 7) is 2.68. The molecule has 38 heavy (non-hydrogen) atoms. The quantitative estimate of drug-likeness (QED) is 0.325. The minimum atomic E-state index is -4.72. The molecule has 0 saturated carbocycles. The number of piperidine rings is 1. The summed E-state index contributed by atoms with van der Waals surface area (Å²) >= 11 is 0. The Labute approximate surface area is 218 Å². The highest BCUT2D eigenvalue weighted by atomic mass is 19.4. The van der Waals surface area contributed by atoms with E-state index in [9.17, 15) is 31.1 Å². The lowest BCUT2D eigenvalue weighted by atomic mass is 9.83. The van der Waals surface area contributed by atoms with E-state index < -0.39 is 23.5 Å². The Morgan fingerprint density at radius 3 is 2.37 bits per heavy atom. The average Bonchev–Trinajstić information content (AvgIpc) is 2.87. The molecule has 2 aliphatic rings. The van der Waals surface area contributed by atoms with E-state index in [0.29, 0.717) is 43.6 Å². The second-order valence-corrected chi connectivity index (χ2v) is 10.4. The summed E-state index contributed by atoms with van der Waals surface area (Å²) in [4.78, 5) is 13.6. The normalized spacial score (nSPS) is 19.9. The van der Waals surface area contributed by atoms with E-state index in [1.807, 2.05) is 17.9 Å². The number of nitrogens with zero attached hydrogens (tertiary/aromatic N) is 1. The first kappa shape index (κ1) is 28.3. The summed E-state index contributed by atoms with van der Waals surface area (Å²) in [5, 5.41) is 3.63. The van der Waals surface area contributed by atoms with Crippen LogP contribution in [0.5, 0.6) is 0 Å². The Bertz CT molecular complexity index is 1140. The van der Waals surface area contributed by atoms with Crippen LogP contribution in [0.4, 0.5) is 32.0 Å². The molecule has 0 spiro atoms. The molecule has 2 aromatic rings. The van der Waals surface area contributed by atoms with E-state index in [1.54, 1.807) is 0 Å². The molecule has 0 bridgehead atoms. The summed E-state index contributed by atoms with van der Waals surface area (Å²) in [6, 6.07) is 8.05. The number of aryl methyl sites for hydroxylation is 1. The highest BCUT2D eigenvalue weighted by molar-refractivity contribution is 5.72. The van der Waals surface area contributed by atoms with Crippen LogP contribution >= 0.6 is 0 Å². The van der Waals surface area contributed by atoms with Crippen molar-refractivity contribution in [2.75, 3.05) is 25.5 Å². The van der Waals surface area contributed by atoms with Crippen molar-refractivity contribution in [3.63, 3.8) is 0 Å². The lowest BCUT2D eigenvalue weighted by molar-refractivity contribution is -0.144. The minimum Gasteiger partial charge on any atom is -0.469 e. The van der Waals surface area contributed by atoms with Crippen molar-refractivity contribution >= 4 is 11.7 Å². The molecule has 2 aromatic carbocycles. The maximum Gasteiger partial charge on any atom is 0.416 e. The Kier molecular flexibility index (Phi) is 8.30. The molecule has 0 aromatic heterocycles. The fraction of sp³-hybridized carbons (Fsp3) is 0.536. The van der Waals surface area contributed by atoms with Gasteiger partial charge in [-0.05, 0) is 92.1 Å². The van der Waals surface area contributed by atoms with Crippen molar-refractivity contribution < 1.29 is 35.9 Å². The number of hydrogen-bond acceptors (Lipinski definition) is 4. The predicted molar refractivity (Wildman–Crippen MR) is 132 cm³/mol. The summed E-state index contributed by atoms with van der Waals surface area (Å²) < 4.78 is 84.7. The van der Waals surface area contributed by atoms with Gasteiger partial charge in [0.15, 0.2) is 0 Å². The van der Waals surface area contributed by atoms with Gasteiger partial charge in [0.1, 0.15) is 0 Å². The summed E-state index contributed by atoms with van der Waals surface area (Å²) in [5.74, 6) is -0.204. The molecule has 208 valence electrons. The number of fused-ring (bicyclic) bond motifs is 1. The van der Waals surface area contributed by atoms with Crippen molar-refractivity contribution in [3.8, 4) is 0 Å². The van der Waals surface area contributed by atoms with E-state index in [0.717, 1.165) is 36.9 Å². The number of esters is 1. The number of anilines is 1. The van der Waals surface area contributed by atoms with Gasteiger partial charge < -0.3 is 10.1 Å². The Morgan fingerprint density at radius 1 is 1.03 bits per heavy atom. The van der Waals surface area contributed by atoms with Gasteiger partial charge in [-0.25, -0.2) is 0 Å². The number of likely N-dealkylation sites (tertiary alicyclic amines) is 1. The summed E-state index contributed by atoms with van der Waals surface area (Å²) in [6.07, 6.45) is -5.53. The maximum atomic E-state index is 13.5. The van der Waals surface area contributed by atoms with Gasteiger partial charge in [-0.1, -0.05) is 19.1 Å². The number of carbonyl (C=O) groups is 1. The number of nitrogens with one attached hydrogen (secondary N) is 1. The van der Waals surface area contributed by atoms with Gasteiger partial charge in [-0.15, -0.1) is 0 Å². The van der Waals surface area contributed by atoms with Gasteiger partial charge in [0.2, 0.25) is 0 Å². The van der Waals surface area contributed by atoms with Crippen molar-refractivity contribution in [1.29, 1.82) is 0 Å². The highest BCUT2D eigenvalue weighted by Gasteiger charge is 2.38. The molecule has 2 heterocycles. The number of benzene rings is 2. The molecular weight excluding hydrogens is 510 g/mol. The molecule has 4 nitrogen and oxygen atoms in total. The molecule has 0 amide bonds. The number of carbonyl (C=O) groups excluding carboxylic acids is 1. The molecule has 2 aliphatic heterocycles. The number of methoxy groups -OCH3 is 1. The lowest BCUT2D eigenvalue weighted by Gasteiger charge is -2.39. The number of alkyl halides is 6. The zero-order valence-electron chi connectivity index (χ0n) is 21.4. The van der Waals surface area contributed by atoms with Crippen molar-refractivity contribution in [1.82, 2.24) is 4.90 Å². The van der Waals surface area contributed by atoms with Crippen LogP contribution in [-0.4, -0.2) is 37.1 Å². The predicted octanol–water partition coefficient (Wildman–Crippen LogP) is 6.71. The molecule has 10 heteroatoms. The minimum absolute atomic E-state index is 0.172. The zero-order valence-corrected chi connectivity index (χ0v) is 21.4. The van der Waals surface area contributed by atoms with Crippen LogP contribution in [0.2, 0.25) is 0 Å². The van der Waals surface area contributed by atoms with E-state index in [-0.39, 0.29) is 30.0 Å². The first-order valence-electron chi connectivity index (χ1n) is 12.8. The lowest BCUT2D eigenvalue weighted by Crippen LogP contribution is -2.41. The first-order valence-corrected chi connectivity index (χ1v) is 12.8. The van der Waals surface area contributed by atoms with Gasteiger partial charge in [0.25, 0.3) is 0 Å². The Hall–Kier alpha value is -2.75. The third-order valence-electron chi connectivity index (χ3n) is 7.72. The third kappa shape index (κ3) is 6.62. The van der Waals surface area contributed by atoms with Crippen molar-refractivity contribution in [3.05, 3.63) is 64.2 Å². The fourth-order valence-corrected chi connectivity index (χ4v) is 5.61. The molecule has 0 radical (unpaired) electrons. The number of rotatable bonds is 6. The largest absolute Gasteiger partial charge is 0.469 e. The van der Waals surface area contributed by atoms with Crippen LogP contribution in [0, 0.1) is 11.8 Å². The number of hydrogen-bond donors (Lipinski definition) is 1. The van der Waals surface area contributed by atoms with Crippen LogP contribution in [-0.2, 0) is 41.3 Å². The molecule has 1 saturated heterocycles. The third-order valence-corrected chi connectivity index (χ3v) is 7.72. The van der Waals surface area contributed by atoms with Gasteiger partial charge in [-0.3, -0.25) is 9.69 Å². The number of ether oxygens (including phenoxy) is 1. The maximum absolute atomic E-state index is 13.5. The van der Waals surface area contributed by atoms with Crippen LogP contribution < -0.4 is 5.32 Å². The van der Waals surface area contributed by atoms with E-state index in [4.69, 9.17) is 4.74 Å². The summed E-state index contributed by atoms with van der Waals surface area (Å²) in [5.41, 5.74) is 0.848. The van der Waals surface area contributed by atoms with Crippen molar-refractivity contribution in [2.24, 2.45) is 11.8 Å². The van der Waals surface area contributed by atoms with E-state index in [2.05, 4.69) is 17.4 Å². The molecule has 4 rings (SSSR count). The molecular formula is C28H32F6N2O2. The first-order chi connectivity index (χ1) is 17.8. The van der Waals surface area contributed by atoms with Crippen LogP contribution in [0.1, 0.15) is 54.0 Å². The Morgan fingerprint density at radius 2 is 1.74 bits per heavy atom. The highest BCUT2D eigenvalue weighted by Crippen LogP contribution is 2.38. The molecule has 1 N–H and O–H groups in total. The topological polar surface area (TPSA) is 41.6 Å². The smallest absolute Gasteiger partial charge is 0.416 e. The second kappa shape index (κ2) is 11.2. The van der Waals surface area contributed by atoms with Crippen LogP contribution in [0.25, 0.3) is 0 Å². The van der Waals surface area contributed by atoms with Crippen molar-refractivity contribution in [2.45, 2.75) is 64.0 Å². The fourth-order valence-electron chi connectivity index (χ4n) is 5.61. The molecule has 0 aliphatic carbocycles. The molecule has 1 fully saturated rings. The molecule has 1 unspecified atom stereocenters. The van der Waals surface area contributed by atoms with E-state index >= 15 is 0 Å². The van der Waals surface area contributed by atoms with Gasteiger partial charge >= 0.3 is 18.3 Å². The van der Waals surface area contributed by atoms with E-state index in [1.165, 1.54) is 12.7 Å².